The SMILES string of the molecule is COc1ccccc1C(=O)NCCNC(=O)C(C)Oc1ccc(O)cc1. The number of phenolic OH excluding ortho intramolecular Hbond substituents is 1. The zero-order valence-corrected chi connectivity index (χ0v) is 14.7. The number of carbonyl (C=O) groups excluding carboxylic acids is 2. The van der Waals surface area contributed by atoms with Gasteiger partial charge in [0.2, 0.25) is 0 Å². The van der Waals surface area contributed by atoms with Crippen LogP contribution in [-0.4, -0.2) is 43.2 Å². The van der Waals surface area contributed by atoms with Gasteiger partial charge in [-0.1, -0.05) is 12.1 Å². The van der Waals surface area contributed by atoms with E-state index in [4.69, 9.17) is 9.47 Å². The van der Waals surface area contributed by atoms with E-state index >= 15 is 0 Å². The summed E-state index contributed by atoms with van der Waals surface area (Å²) in [6, 6.07) is 13.0. The van der Waals surface area contributed by atoms with Crippen molar-refractivity contribution in [2.24, 2.45) is 0 Å². The third-order valence-electron chi connectivity index (χ3n) is 3.58. The second-order valence-electron chi connectivity index (χ2n) is 5.50. The van der Waals surface area contributed by atoms with Gasteiger partial charge < -0.3 is 25.2 Å². The first-order valence-electron chi connectivity index (χ1n) is 8.16. The standard InChI is InChI=1S/C19H22N2O5/c1-13(26-15-9-7-14(22)8-10-15)18(23)20-11-12-21-19(24)16-5-3-4-6-17(16)25-2/h3-10,13,22H,11-12H2,1-2H3,(H,20,23)(H,21,24). The first kappa shape index (κ1) is 19.1. The van der Waals surface area contributed by atoms with Crippen LogP contribution >= 0.6 is 0 Å². The maximum Gasteiger partial charge on any atom is 0.260 e. The van der Waals surface area contributed by atoms with Gasteiger partial charge in [0.1, 0.15) is 17.2 Å². The Kier molecular flexibility index (Phi) is 6.84. The Labute approximate surface area is 151 Å². The predicted molar refractivity (Wildman–Crippen MR) is 96.5 cm³/mol. The van der Waals surface area contributed by atoms with Crippen LogP contribution in [0.5, 0.6) is 17.2 Å². The molecule has 0 aliphatic heterocycles. The molecule has 2 aromatic carbocycles. The van der Waals surface area contributed by atoms with E-state index in [9.17, 15) is 14.7 Å². The van der Waals surface area contributed by atoms with Crippen molar-refractivity contribution in [2.75, 3.05) is 20.2 Å². The van der Waals surface area contributed by atoms with Gasteiger partial charge in [0.15, 0.2) is 6.10 Å². The third-order valence-corrected chi connectivity index (χ3v) is 3.58. The van der Waals surface area contributed by atoms with Crippen molar-refractivity contribution in [2.45, 2.75) is 13.0 Å². The average molecular weight is 358 g/mol. The Hall–Kier alpha value is -3.22. The lowest BCUT2D eigenvalue weighted by atomic mass is 10.2. The number of carbonyl (C=O) groups is 2. The van der Waals surface area contributed by atoms with Crippen LogP contribution in [0, 0.1) is 0 Å². The van der Waals surface area contributed by atoms with E-state index in [-0.39, 0.29) is 30.7 Å². The normalized spacial score (nSPS) is 11.3. The molecule has 1 atom stereocenters. The number of nitrogens with one attached hydrogen (secondary N) is 2. The molecule has 0 aliphatic carbocycles. The summed E-state index contributed by atoms with van der Waals surface area (Å²) in [6.45, 7) is 2.16. The molecule has 2 aromatic rings. The fourth-order valence-corrected chi connectivity index (χ4v) is 2.22. The number of hydrogen-bond donors (Lipinski definition) is 3. The van der Waals surface area contributed by atoms with Gasteiger partial charge in [-0.05, 0) is 43.3 Å². The number of rotatable bonds is 8. The molecule has 2 amide bonds. The Bertz CT molecular complexity index is 746. The number of hydrogen-bond acceptors (Lipinski definition) is 5. The van der Waals surface area contributed by atoms with Gasteiger partial charge in [0.25, 0.3) is 11.8 Å². The number of amides is 2. The van der Waals surface area contributed by atoms with Crippen molar-refractivity contribution in [3.63, 3.8) is 0 Å². The first-order valence-corrected chi connectivity index (χ1v) is 8.16. The highest BCUT2D eigenvalue weighted by Crippen LogP contribution is 2.17. The Morgan fingerprint density at radius 2 is 1.69 bits per heavy atom. The van der Waals surface area contributed by atoms with Crippen molar-refractivity contribution in [3.05, 3.63) is 54.1 Å². The summed E-state index contributed by atoms with van der Waals surface area (Å²) >= 11 is 0. The highest BCUT2D eigenvalue weighted by atomic mass is 16.5. The molecule has 0 saturated heterocycles. The Morgan fingerprint density at radius 1 is 1.04 bits per heavy atom. The summed E-state index contributed by atoms with van der Waals surface area (Å²) in [5.41, 5.74) is 0.436. The van der Waals surface area contributed by atoms with Crippen molar-refractivity contribution < 1.29 is 24.2 Å². The largest absolute Gasteiger partial charge is 0.508 e. The molecule has 7 heteroatoms. The molecule has 2 rings (SSSR count). The highest BCUT2D eigenvalue weighted by molar-refractivity contribution is 5.96. The number of benzene rings is 2. The second kappa shape index (κ2) is 9.31. The van der Waals surface area contributed by atoms with Gasteiger partial charge in [-0.3, -0.25) is 9.59 Å². The molecule has 0 fully saturated rings. The van der Waals surface area contributed by atoms with Crippen molar-refractivity contribution in [1.82, 2.24) is 10.6 Å². The number of ether oxygens (including phenoxy) is 2. The van der Waals surface area contributed by atoms with Crippen LogP contribution in [0.25, 0.3) is 0 Å². The van der Waals surface area contributed by atoms with Crippen molar-refractivity contribution in [3.8, 4) is 17.2 Å². The fraction of sp³-hybridized carbons (Fsp3) is 0.263. The fourth-order valence-electron chi connectivity index (χ4n) is 2.22. The Balaban J connectivity index is 1.74. The lowest BCUT2D eigenvalue weighted by Crippen LogP contribution is -2.40. The van der Waals surface area contributed by atoms with Crippen LogP contribution in [0.15, 0.2) is 48.5 Å². The van der Waals surface area contributed by atoms with E-state index in [2.05, 4.69) is 10.6 Å². The van der Waals surface area contributed by atoms with Crippen molar-refractivity contribution >= 4 is 11.8 Å². The molecule has 0 spiro atoms. The second-order valence-corrected chi connectivity index (χ2v) is 5.50. The van der Waals surface area contributed by atoms with E-state index in [0.717, 1.165) is 0 Å². The van der Waals surface area contributed by atoms with Gasteiger partial charge in [-0.15, -0.1) is 0 Å². The van der Waals surface area contributed by atoms with E-state index in [0.29, 0.717) is 17.1 Å². The minimum Gasteiger partial charge on any atom is -0.508 e. The molecule has 0 aliphatic rings. The maximum absolute atomic E-state index is 12.1. The third kappa shape index (κ3) is 5.41. The first-order chi connectivity index (χ1) is 12.5. The quantitative estimate of drug-likeness (QED) is 0.624. The van der Waals surface area contributed by atoms with Crippen LogP contribution in [-0.2, 0) is 4.79 Å². The van der Waals surface area contributed by atoms with E-state index in [1.807, 2.05) is 0 Å². The topological polar surface area (TPSA) is 96.9 Å². The number of methoxy groups -OCH3 is 1. The molecule has 138 valence electrons. The summed E-state index contributed by atoms with van der Waals surface area (Å²) in [7, 11) is 1.50. The molecule has 0 bridgehead atoms. The molecule has 0 heterocycles. The number of aromatic hydroxyl groups is 1. The van der Waals surface area contributed by atoms with Crippen molar-refractivity contribution in [1.29, 1.82) is 0 Å². The lowest BCUT2D eigenvalue weighted by molar-refractivity contribution is -0.127. The summed E-state index contributed by atoms with van der Waals surface area (Å²) < 4.78 is 10.6. The van der Waals surface area contributed by atoms with Gasteiger partial charge in [-0.2, -0.15) is 0 Å². The zero-order valence-electron chi connectivity index (χ0n) is 14.7. The molecular weight excluding hydrogens is 336 g/mol. The van der Waals surface area contributed by atoms with Crippen LogP contribution < -0.4 is 20.1 Å². The van der Waals surface area contributed by atoms with Gasteiger partial charge >= 0.3 is 0 Å². The monoisotopic (exact) mass is 358 g/mol. The highest BCUT2D eigenvalue weighted by Gasteiger charge is 2.15. The predicted octanol–water partition coefficient (Wildman–Crippen LogP) is 1.71. The maximum atomic E-state index is 12.1. The number of phenols is 1. The van der Waals surface area contributed by atoms with E-state index in [1.54, 1.807) is 43.3 Å². The van der Waals surface area contributed by atoms with Crippen LogP contribution in [0.3, 0.4) is 0 Å². The van der Waals surface area contributed by atoms with Gasteiger partial charge in [-0.25, -0.2) is 0 Å². The summed E-state index contributed by atoms with van der Waals surface area (Å²) in [5, 5.41) is 14.6. The molecule has 3 N–H and O–H groups in total. The molecule has 0 radical (unpaired) electrons. The minimum absolute atomic E-state index is 0.125. The number of para-hydroxylation sites is 1. The summed E-state index contributed by atoms with van der Waals surface area (Å²) in [5.74, 6) is 0.523. The minimum atomic E-state index is -0.704. The molecule has 1 unspecified atom stereocenters. The molecular formula is C19H22N2O5. The molecule has 7 nitrogen and oxygen atoms in total. The molecule has 0 aromatic heterocycles. The molecule has 0 saturated carbocycles. The summed E-state index contributed by atoms with van der Waals surface area (Å²) in [6.07, 6.45) is -0.704. The zero-order chi connectivity index (χ0) is 18.9. The molecule has 26 heavy (non-hydrogen) atoms. The van der Waals surface area contributed by atoms with Crippen LogP contribution in [0.1, 0.15) is 17.3 Å². The Morgan fingerprint density at radius 3 is 2.38 bits per heavy atom. The van der Waals surface area contributed by atoms with Gasteiger partial charge in [0, 0.05) is 13.1 Å². The van der Waals surface area contributed by atoms with E-state index in [1.165, 1.54) is 19.2 Å². The van der Waals surface area contributed by atoms with Crippen LogP contribution in [0.2, 0.25) is 0 Å². The smallest absolute Gasteiger partial charge is 0.260 e. The van der Waals surface area contributed by atoms with Crippen LogP contribution in [0.4, 0.5) is 0 Å². The lowest BCUT2D eigenvalue weighted by Gasteiger charge is -2.15. The van der Waals surface area contributed by atoms with Gasteiger partial charge in [0.05, 0.1) is 12.7 Å². The summed E-state index contributed by atoms with van der Waals surface area (Å²) in [4.78, 5) is 24.1. The van der Waals surface area contributed by atoms with E-state index < -0.39 is 6.10 Å². The average Bonchev–Trinajstić information content (AvgIpc) is 2.66.